The average molecular weight is 291 g/mol. The summed E-state index contributed by atoms with van der Waals surface area (Å²) in [7, 11) is 0. The SMILES string of the molecule is IC1C=C(N2CCOCC2)C=CC1. The molecular weight excluding hydrogens is 277 g/mol. The second kappa shape index (κ2) is 4.46. The summed E-state index contributed by atoms with van der Waals surface area (Å²) in [4.78, 5) is 2.41. The van der Waals surface area contributed by atoms with Crippen LogP contribution in [0.3, 0.4) is 0 Å². The molecule has 3 heteroatoms. The van der Waals surface area contributed by atoms with Crippen molar-refractivity contribution in [3.05, 3.63) is 23.9 Å². The van der Waals surface area contributed by atoms with Crippen molar-refractivity contribution in [3.8, 4) is 0 Å². The van der Waals surface area contributed by atoms with Crippen molar-refractivity contribution in [3.63, 3.8) is 0 Å². The van der Waals surface area contributed by atoms with E-state index < -0.39 is 0 Å². The third-order valence-corrected chi connectivity index (χ3v) is 3.25. The van der Waals surface area contributed by atoms with Gasteiger partial charge in [-0.1, -0.05) is 28.7 Å². The molecule has 0 aromatic heterocycles. The van der Waals surface area contributed by atoms with Gasteiger partial charge in [-0.05, 0) is 18.6 Å². The highest BCUT2D eigenvalue weighted by Crippen LogP contribution is 2.20. The number of halogens is 1. The first-order valence-corrected chi connectivity index (χ1v) is 5.96. The molecule has 1 fully saturated rings. The Labute approximate surface area is 92.8 Å². The van der Waals surface area contributed by atoms with Crippen molar-refractivity contribution < 1.29 is 4.74 Å². The van der Waals surface area contributed by atoms with Gasteiger partial charge in [0.2, 0.25) is 0 Å². The van der Waals surface area contributed by atoms with Crippen molar-refractivity contribution >= 4 is 22.6 Å². The standard InChI is InChI=1S/C10H14INO/c11-9-2-1-3-10(8-9)12-4-6-13-7-5-12/h1,3,8-9H,2,4-7H2. The highest BCUT2D eigenvalue weighted by molar-refractivity contribution is 14.1. The van der Waals surface area contributed by atoms with Crippen molar-refractivity contribution in [2.45, 2.75) is 10.3 Å². The molecule has 72 valence electrons. The molecule has 1 unspecified atom stereocenters. The fourth-order valence-electron chi connectivity index (χ4n) is 1.66. The first kappa shape index (κ1) is 9.52. The lowest BCUT2D eigenvalue weighted by atomic mass is 10.1. The van der Waals surface area contributed by atoms with E-state index >= 15 is 0 Å². The van der Waals surface area contributed by atoms with Crippen molar-refractivity contribution in [2.75, 3.05) is 26.3 Å². The fourth-order valence-corrected chi connectivity index (χ4v) is 2.32. The molecule has 0 amide bonds. The maximum absolute atomic E-state index is 5.32. The van der Waals surface area contributed by atoms with Crippen LogP contribution >= 0.6 is 22.6 Å². The van der Waals surface area contributed by atoms with Crippen molar-refractivity contribution in [2.24, 2.45) is 0 Å². The second-order valence-electron chi connectivity index (χ2n) is 3.35. The molecule has 0 N–H and O–H groups in total. The Balaban J connectivity index is 2.02. The van der Waals surface area contributed by atoms with E-state index in [9.17, 15) is 0 Å². The predicted octanol–water partition coefficient (Wildman–Crippen LogP) is 1.97. The van der Waals surface area contributed by atoms with Crippen molar-refractivity contribution in [1.29, 1.82) is 0 Å². The van der Waals surface area contributed by atoms with Crippen LogP contribution in [0.15, 0.2) is 23.9 Å². The van der Waals surface area contributed by atoms with E-state index in [0.29, 0.717) is 3.92 Å². The van der Waals surface area contributed by atoms with Crippen LogP contribution in [0.1, 0.15) is 6.42 Å². The van der Waals surface area contributed by atoms with Crippen LogP contribution in [-0.4, -0.2) is 35.1 Å². The molecule has 0 saturated carbocycles. The molecule has 2 aliphatic rings. The lowest BCUT2D eigenvalue weighted by molar-refractivity contribution is 0.0552. The number of nitrogens with zero attached hydrogens (tertiary/aromatic N) is 1. The van der Waals surface area contributed by atoms with Gasteiger partial charge in [0.25, 0.3) is 0 Å². The summed E-state index contributed by atoms with van der Waals surface area (Å²) in [6.07, 6.45) is 8.03. The van der Waals surface area contributed by atoms with E-state index in [1.54, 1.807) is 0 Å². The van der Waals surface area contributed by atoms with Gasteiger partial charge in [0.15, 0.2) is 0 Å². The summed E-state index contributed by atoms with van der Waals surface area (Å²) in [5.41, 5.74) is 1.38. The van der Waals surface area contributed by atoms with Crippen LogP contribution in [-0.2, 0) is 4.74 Å². The van der Waals surface area contributed by atoms with E-state index in [1.165, 1.54) is 12.1 Å². The van der Waals surface area contributed by atoms with Crippen LogP contribution in [0, 0.1) is 0 Å². The summed E-state index contributed by atoms with van der Waals surface area (Å²) in [6, 6.07) is 0. The van der Waals surface area contributed by atoms with E-state index in [1.807, 2.05) is 0 Å². The average Bonchev–Trinajstić information content (AvgIpc) is 2.19. The molecule has 0 spiro atoms. The van der Waals surface area contributed by atoms with Gasteiger partial charge in [-0.2, -0.15) is 0 Å². The zero-order valence-electron chi connectivity index (χ0n) is 7.58. The Morgan fingerprint density at radius 1 is 1.38 bits per heavy atom. The van der Waals surface area contributed by atoms with Crippen LogP contribution < -0.4 is 0 Å². The van der Waals surface area contributed by atoms with Crippen molar-refractivity contribution in [1.82, 2.24) is 4.90 Å². The third-order valence-electron chi connectivity index (χ3n) is 2.38. The maximum atomic E-state index is 5.32. The first-order chi connectivity index (χ1) is 6.36. The Morgan fingerprint density at radius 2 is 2.15 bits per heavy atom. The van der Waals surface area contributed by atoms with E-state index in [4.69, 9.17) is 4.74 Å². The number of ether oxygens (including phenoxy) is 1. The molecule has 1 saturated heterocycles. The topological polar surface area (TPSA) is 12.5 Å². The molecule has 0 radical (unpaired) electrons. The van der Waals surface area contributed by atoms with Gasteiger partial charge >= 0.3 is 0 Å². The molecule has 13 heavy (non-hydrogen) atoms. The summed E-state index contributed by atoms with van der Waals surface area (Å²) < 4.78 is 5.99. The fraction of sp³-hybridized carbons (Fsp3) is 0.600. The minimum atomic E-state index is 0.667. The number of hydrogen-bond donors (Lipinski definition) is 0. The number of rotatable bonds is 1. The second-order valence-corrected chi connectivity index (χ2v) is 4.94. The number of alkyl halides is 1. The normalized spacial score (nSPS) is 28.8. The highest BCUT2D eigenvalue weighted by Gasteiger charge is 2.14. The zero-order chi connectivity index (χ0) is 9.10. The van der Waals surface area contributed by atoms with Gasteiger partial charge in [0, 0.05) is 22.7 Å². The molecule has 1 aliphatic carbocycles. The van der Waals surface area contributed by atoms with Crippen LogP contribution in [0.4, 0.5) is 0 Å². The molecule has 0 aromatic carbocycles. The number of morpholine rings is 1. The molecule has 2 rings (SSSR count). The number of allylic oxidation sites excluding steroid dienone is 3. The zero-order valence-corrected chi connectivity index (χ0v) is 9.74. The van der Waals surface area contributed by atoms with Gasteiger partial charge in [-0.15, -0.1) is 0 Å². The summed E-state index contributed by atoms with van der Waals surface area (Å²) >= 11 is 2.48. The van der Waals surface area contributed by atoms with E-state index in [-0.39, 0.29) is 0 Å². The van der Waals surface area contributed by atoms with Gasteiger partial charge in [0.05, 0.1) is 13.2 Å². The molecular formula is C10H14INO. The monoisotopic (exact) mass is 291 g/mol. The third kappa shape index (κ3) is 2.47. The number of hydrogen-bond acceptors (Lipinski definition) is 2. The quantitative estimate of drug-likeness (QED) is 0.541. The van der Waals surface area contributed by atoms with Crippen LogP contribution in [0.5, 0.6) is 0 Å². The predicted molar refractivity (Wildman–Crippen MR) is 62.0 cm³/mol. The smallest absolute Gasteiger partial charge is 0.0642 e. The molecule has 1 atom stereocenters. The van der Waals surface area contributed by atoms with Crippen LogP contribution in [0.25, 0.3) is 0 Å². The summed E-state index contributed by atoms with van der Waals surface area (Å²) in [5.74, 6) is 0. The highest BCUT2D eigenvalue weighted by atomic mass is 127. The van der Waals surface area contributed by atoms with Gasteiger partial charge in [-0.3, -0.25) is 0 Å². The largest absolute Gasteiger partial charge is 0.378 e. The first-order valence-electron chi connectivity index (χ1n) is 4.71. The molecule has 1 aliphatic heterocycles. The minimum Gasteiger partial charge on any atom is -0.378 e. The lowest BCUT2D eigenvalue weighted by Crippen LogP contribution is -2.35. The Morgan fingerprint density at radius 3 is 2.85 bits per heavy atom. The summed E-state index contributed by atoms with van der Waals surface area (Å²) in [6.45, 7) is 3.83. The van der Waals surface area contributed by atoms with Crippen LogP contribution in [0.2, 0.25) is 0 Å². The Hall–Kier alpha value is -0.0300. The maximum Gasteiger partial charge on any atom is 0.0642 e. The molecule has 0 aromatic rings. The molecule has 2 nitrogen and oxygen atoms in total. The van der Waals surface area contributed by atoms with Gasteiger partial charge in [-0.25, -0.2) is 0 Å². The lowest BCUT2D eigenvalue weighted by Gasteiger charge is -2.31. The van der Waals surface area contributed by atoms with Gasteiger partial charge in [0.1, 0.15) is 0 Å². The minimum absolute atomic E-state index is 0.667. The Kier molecular flexibility index (Phi) is 3.27. The molecule has 1 heterocycles. The van der Waals surface area contributed by atoms with Gasteiger partial charge < -0.3 is 9.64 Å². The molecule has 0 bridgehead atoms. The Bertz CT molecular complexity index is 231. The summed E-state index contributed by atoms with van der Waals surface area (Å²) in [5, 5.41) is 0. The van der Waals surface area contributed by atoms with E-state index in [0.717, 1.165) is 26.3 Å². The van der Waals surface area contributed by atoms with E-state index in [2.05, 4.69) is 45.7 Å².